The molecule has 1 aliphatic heterocycles. The van der Waals surface area contributed by atoms with E-state index >= 15 is 0 Å². The summed E-state index contributed by atoms with van der Waals surface area (Å²) in [6, 6.07) is 9.30. The molecule has 0 bridgehead atoms. The second kappa shape index (κ2) is 6.05. The Hall–Kier alpha value is -2.56. The van der Waals surface area contributed by atoms with Crippen molar-refractivity contribution >= 4 is 5.91 Å². The number of aromatic nitrogens is 1. The van der Waals surface area contributed by atoms with Gasteiger partial charge in [-0.2, -0.15) is 0 Å². The molecule has 22 heavy (non-hydrogen) atoms. The number of para-hydroxylation sites is 1. The number of benzene rings is 1. The molecule has 2 N–H and O–H groups in total. The highest BCUT2D eigenvalue weighted by Crippen LogP contribution is 2.36. The highest BCUT2D eigenvalue weighted by atomic mass is 16.5. The Morgan fingerprint density at radius 2 is 2.32 bits per heavy atom. The summed E-state index contributed by atoms with van der Waals surface area (Å²) < 4.78 is 11.2. The fourth-order valence-corrected chi connectivity index (χ4v) is 2.79. The normalized spacial score (nSPS) is 16.5. The molecule has 1 aliphatic rings. The smallest absolute Gasteiger partial charge is 0.248 e. The van der Waals surface area contributed by atoms with Gasteiger partial charge in [-0.1, -0.05) is 12.1 Å². The van der Waals surface area contributed by atoms with Crippen molar-refractivity contribution in [2.24, 2.45) is 11.7 Å². The first-order chi connectivity index (χ1) is 10.7. The topological polar surface area (TPSA) is 74.4 Å². The van der Waals surface area contributed by atoms with Crippen molar-refractivity contribution in [2.45, 2.75) is 12.8 Å². The number of rotatable bonds is 4. The molecule has 2 aromatic rings. The third-order valence-corrected chi connectivity index (χ3v) is 3.85. The number of nitrogens with two attached hydrogens (primary N) is 1. The van der Waals surface area contributed by atoms with Crippen LogP contribution in [0.2, 0.25) is 0 Å². The summed E-state index contributed by atoms with van der Waals surface area (Å²) in [5.74, 6) is 1.48. The Morgan fingerprint density at radius 3 is 3.09 bits per heavy atom. The van der Waals surface area contributed by atoms with Gasteiger partial charge in [0.2, 0.25) is 5.91 Å². The van der Waals surface area contributed by atoms with E-state index in [-0.39, 0.29) is 0 Å². The molecule has 0 aliphatic carbocycles. The maximum absolute atomic E-state index is 11.2. The van der Waals surface area contributed by atoms with Crippen LogP contribution in [0.1, 0.15) is 21.6 Å². The molecule has 2 heterocycles. The molecular weight excluding hydrogens is 280 g/mol. The van der Waals surface area contributed by atoms with Gasteiger partial charge in [0.15, 0.2) is 11.5 Å². The molecule has 1 aromatic heterocycles. The van der Waals surface area contributed by atoms with E-state index in [2.05, 4.69) is 11.1 Å². The highest BCUT2D eigenvalue weighted by molar-refractivity contribution is 5.92. The lowest BCUT2D eigenvalue weighted by molar-refractivity contribution is 0.1000. The fourth-order valence-electron chi connectivity index (χ4n) is 2.79. The van der Waals surface area contributed by atoms with Crippen LogP contribution in [0.5, 0.6) is 11.5 Å². The largest absolute Gasteiger partial charge is 0.493 e. The Bertz CT molecular complexity index is 700. The monoisotopic (exact) mass is 298 g/mol. The zero-order valence-electron chi connectivity index (χ0n) is 12.4. The molecule has 3 rings (SSSR count). The highest BCUT2D eigenvalue weighted by Gasteiger charge is 2.23. The van der Waals surface area contributed by atoms with Gasteiger partial charge in [-0.25, -0.2) is 0 Å². The number of carbonyl (C=O) groups is 1. The van der Waals surface area contributed by atoms with Crippen LogP contribution in [-0.2, 0) is 12.8 Å². The van der Waals surface area contributed by atoms with Crippen molar-refractivity contribution in [1.82, 2.24) is 4.98 Å². The van der Waals surface area contributed by atoms with Crippen molar-refractivity contribution in [3.63, 3.8) is 0 Å². The van der Waals surface area contributed by atoms with Gasteiger partial charge in [-0.3, -0.25) is 9.78 Å². The van der Waals surface area contributed by atoms with Crippen LogP contribution >= 0.6 is 0 Å². The molecule has 1 aromatic carbocycles. The Balaban J connectivity index is 1.75. The molecule has 5 heteroatoms. The van der Waals surface area contributed by atoms with Crippen molar-refractivity contribution in [3.8, 4) is 11.5 Å². The quantitative estimate of drug-likeness (QED) is 0.936. The Kier molecular flexibility index (Phi) is 3.96. The number of hydrogen-bond acceptors (Lipinski definition) is 4. The summed E-state index contributed by atoms with van der Waals surface area (Å²) in [4.78, 5) is 15.6. The van der Waals surface area contributed by atoms with E-state index < -0.39 is 5.91 Å². The summed E-state index contributed by atoms with van der Waals surface area (Å²) in [5, 5.41) is 0. The summed E-state index contributed by atoms with van der Waals surface area (Å²) >= 11 is 0. The molecule has 0 spiro atoms. The van der Waals surface area contributed by atoms with Gasteiger partial charge in [0.05, 0.1) is 13.7 Å². The summed E-state index contributed by atoms with van der Waals surface area (Å²) in [5.41, 5.74) is 7.79. The molecule has 1 atom stereocenters. The van der Waals surface area contributed by atoms with Crippen LogP contribution in [0.3, 0.4) is 0 Å². The number of methoxy groups -OCH3 is 1. The summed E-state index contributed by atoms with van der Waals surface area (Å²) in [6.07, 6.45) is 3.27. The minimum absolute atomic E-state index is 0.315. The lowest BCUT2D eigenvalue weighted by atomic mass is 9.92. The minimum Gasteiger partial charge on any atom is -0.493 e. The van der Waals surface area contributed by atoms with Gasteiger partial charge in [-0.05, 0) is 36.6 Å². The molecule has 1 amide bonds. The second-order valence-corrected chi connectivity index (χ2v) is 5.43. The third kappa shape index (κ3) is 2.88. The average molecular weight is 298 g/mol. The first-order valence-electron chi connectivity index (χ1n) is 7.21. The summed E-state index contributed by atoms with van der Waals surface area (Å²) in [6.45, 7) is 0.607. The standard InChI is InChI=1S/C17H18N2O3/c1-21-15-4-2-3-12-7-11(10-22-16(12)15)8-14-9-13(17(18)20)5-6-19-14/h2-6,9,11H,7-8,10H2,1H3,(H2,18,20)/t11-/m1/s1. The molecule has 0 saturated heterocycles. The maximum Gasteiger partial charge on any atom is 0.248 e. The fraction of sp³-hybridized carbons (Fsp3) is 0.294. The molecule has 0 unspecified atom stereocenters. The van der Waals surface area contributed by atoms with E-state index in [0.29, 0.717) is 18.1 Å². The van der Waals surface area contributed by atoms with E-state index in [1.54, 1.807) is 25.4 Å². The number of carbonyl (C=O) groups excluding carboxylic acids is 1. The van der Waals surface area contributed by atoms with Gasteiger partial charge in [0.1, 0.15) is 0 Å². The third-order valence-electron chi connectivity index (χ3n) is 3.85. The molecule has 0 fully saturated rings. The first kappa shape index (κ1) is 14.4. The van der Waals surface area contributed by atoms with Crippen LogP contribution < -0.4 is 15.2 Å². The number of pyridine rings is 1. The number of fused-ring (bicyclic) bond motifs is 1. The van der Waals surface area contributed by atoms with E-state index in [1.165, 1.54) is 0 Å². The maximum atomic E-state index is 11.2. The van der Waals surface area contributed by atoms with Crippen molar-refractivity contribution in [2.75, 3.05) is 13.7 Å². The van der Waals surface area contributed by atoms with Gasteiger partial charge in [0.25, 0.3) is 0 Å². The minimum atomic E-state index is -0.432. The van der Waals surface area contributed by atoms with Crippen molar-refractivity contribution < 1.29 is 14.3 Å². The van der Waals surface area contributed by atoms with Crippen molar-refractivity contribution in [3.05, 3.63) is 53.3 Å². The molecule has 0 saturated carbocycles. The molecular formula is C17H18N2O3. The van der Waals surface area contributed by atoms with Crippen LogP contribution in [0.25, 0.3) is 0 Å². The zero-order chi connectivity index (χ0) is 15.5. The predicted molar refractivity (Wildman–Crippen MR) is 82.1 cm³/mol. The van der Waals surface area contributed by atoms with E-state index in [9.17, 15) is 4.79 Å². The zero-order valence-corrected chi connectivity index (χ0v) is 12.4. The van der Waals surface area contributed by atoms with E-state index in [1.807, 2.05) is 12.1 Å². The lowest BCUT2D eigenvalue weighted by Gasteiger charge is -2.26. The predicted octanol–water partition coefficient (Wildman–Crippen LogP) is 1.98. The number of hydrogen-bond donors (Lipinski definition) is 1. The van der Waals surface area contributed by atoms with Gasteiger partial charge >= 0.3 is 0 Å². The lowest BCUT2D eigenvalue weighted by Crippen LogP contribution is -2.23. The first-order valence-corrected chi connectivity index (χ1v) is 7.21. The second-order valence-electron chi connectivity index (χ2n) is 5.43. The van der Waals surface area contributed by atoms with Gasteiger partial charge in [-0.15, -0.1) is 0 Å². The van der Waals surface area contributed by atoms with Crippen LogP contribution in [0.15, 0.2) is 36.5 Å². The molecule has 0 radical (unpaired) electrons. The Morgan fingerprint density at radius 1 is 1.45 bits per heavy atom. The van der Waals surface area contributed by atoms with Crippen LogP contribution in [-0.4, -0.2) is 24.6 Å². The van der Waals surface area contributed by atoms with Crippen LogP contribution in [0.4, 0.5) is 0 Å². The number of nitrogens with zero attached hydrogens (tertiary/aromatic N) is 1. The van der Waals surface area contributed by atoms with Crippen LogP contribution in [0, 0.1) is 5.92 Å². The Labute approximate surface area is 129 Å². The van der Waals surface area contributed by atoms with E-state index in [4.69, 9.17) is 15.2 Å². The van der Waals surface area contributed by atoms with Crippen molar-refractivity contribution in [1.29, 1.82) is 0 Å². The van der Waals surface area contributed by atoms with Gasteiger partial charge in [0, 0.05) is 23.4 Å². The molecule has 5 nitrogen and oxygen atoms in total. The SMILES string of the molecule is COc1cccc2c1OC[C@@H](Cc1cc(C(N)=O)ccn1)C2. The number of amides is 1. The number of primary amides is 1. The molecule has 114 valence electrons. The van der Waals surface area contributed by atoms with Gasteiger partial charge < -0.3 is 15.2 Å². The number of ether oxygens (including phenoxy) is 2. The average Bonchev–Trinajstić information content (AvgIpc) is 2.54. The summed E-state index contributed by atoms with van der Waals surface area (Å²) in [7, 11) is 1.64. The van der Waals surface area contributed by atoms with E-state index in [0.717, 1.165) is 35.6 Å².